The zero-order valence-electron chi connectivity index (χ0n) is 11.2. The van der Waals surface area contributed by atoms with Crippen molar-refractivity contribution in [3.63, 3.8) is 0 Å². The van der Waals surface area contributed by atoms with Crippen LogP contribution in [-0.4, -0.2) is 32.9 Å². The van der Waals surface area contributed by atoms with E-state index in [9.17, 15) is 4.79 Å². The summed E-state index contributed by atoms with van der Waals surface area (Å²) in [6.45, 7) is 2.59. The molecule has 0 amide bonds. The van der Waals surface area contributed by atoms with Crippen molar-refractivity contribution >= 4 is 17.6 Å². The zero-order valence-corrected chi connectivity index (χ0v) is 11.9. The van der Waals surface area contributed by atoms with E-state index in [4.69, 9.17) is 26.2 Å². The Morgan fingerprint density at radius 3 is 3.05 bits per heavy atom. The fourth-order valence-corrected chi connectivity index (χ4v) is 2.51. The Morgan fingerprint density at radius 2 is 2.33 bits per heavy atom. The second-order valence-corrected chi connectivity index (χ2v) is 5.09. The van der Waals surface area contributed by atoms with Crippen molar-refractivity contribution in [2.45, 2.75) is 20.1 Å². The van der Waals surface area contributed by atoms with Crippen LogP contribution < -0.4 is 4.74 Å². The number of hydrogen-bond acceptors (Lipinski definition) is 5. The molecule has 0 saturated carbocycles. The molecule has 0 saturated heterocycles. The zero-order chi connectivity index (χ0) is 15.0. The third-order valence-electron chi connectivity index (χ3n) is 3.26. The standard InChI is InChI=1S/C13H12ClN3O4/c1-7-11(13(18)19)15-16-17(7)4-8-2-10(14)3-9-5-20-6-21-12(8)9/h2-3H,4-6H2,1H3,(H,18,19). The molecule has 1 aliphatic heterocycles. The van der Waals surface area contributed by atoms with E-state index in [0.717, 1.165) is 11.1 Å². The molecular weight excluding hydrogens is 298 g/mol. The van der Waals surface area contributed by atoms with Crippen LogP contribution in [0.2, 0.25) is 5.02 Å². The Labute approximate surface area is 125 Å². The second kappa shape index (κ2) is 5.34. The van der Waals surface area contributed by atoms with Crippen molar-refractivity contribution < 1.29 is 19.4 Å². The number of carboxylic acid groups (broad SMARTS) is 1. The van der Waals surface area contributed by atoms with Gasteiger partial charge in [-0.1, -0.05) is 16.8 Å². The van der Waals surface area contributed by atoms with Gasteiger partial charge in [0.15, 0.2) is 12.5 Å². The molecule has 0 spiro atoms. The molecule has 7 nitrogen and oxygen atoms in total. The minimum atomic E-state index is -1.10. The minimum absolute atomic E-state index is 0.0600. The third-order valence-corrected chi connectivity index (χ3v) is 3.48. The first-order valence-corrected chi connectivity index (χ1v) is 6.59. The van der Waals surface area contributed by atoms with Crippen molar-refractivity contribution in [2.24, 2.45) is 0 Å². The van der Waals surface area contributed by atoms with Crippen LogP contribution in [0.3, 0.4) is 0 Å². The second-order valence-electron chi connectivity index (χ2n) is 4.65. The van der Waals surface area contributed by atoms with E-state index in [1.54, 1.807) is 19.1 Å². The first kappa shape index (κ1) is 13.8. The van der Waals surface area contributed by atoms with Gasteiger partial charge in [-0.05, 0) is 19.1 Å². The molecule has 0 fully saturated rings. The molecular formula is C13H12ClN3O4. The molecule has 0 radical (unpaired) electrons. The average molecular weight is 310 g/mol. The number of halogens is 1. The molecule has 21 heavy (non-hydrogen) atoms. The highest BCUT2D eigenvalue weighted by Gasteiger charge is 2.20. The quantitative estimate of drug-likeness (QED) is 0.931. The summed E-state index contributed by atoms with van der Waals surface area (Å²) >= 11 is 6.09. The fourth-order valence-electron chi connectivity index (χ4n) is 2.24. The summed E-state index contributed by atoms with van der Waals surface area (Å²) in [4.78, 5) is 11.0. The Bertz CT molecular complexity index is 714. The van der Waals surface area contributed by atoms with Crippen molar-refractivity contribution in [2.75, 3.05) is 6.79 Å². The maximum absolute atomic E-state index is 11.0. The Balaban J connectivity index is 1.98. The molecule has 1 aromatic heterocycles. The van der Waals surface area contributed by atoms with Gasteiger partial charge in [-0.3, -0.25) is 0 Å². The number of fused-ring (bicyclic) bond motifs is 1. The predicted molar refractivity (Wildman–Crippen MR) is 72.6 cm³/mol. The van der Waals surface area contributed by atoms with Gasteiger partial charge in [-0.2, -0.15) is 0 Å². The molecule has 8 heteroatoms. The summed E-state index contributed by atoms with van der Waals surface area (Å²) in [5.74, 6) is -0.394. The predicted octanol–water partition coefficient (Wildman–Crippen LogP) is 1.85. The summed E-state index contributed by atoms with van der Waals surface area (Å²) in [6.07, 6.45) is 0. The number of aromatic nitrogens is 3. The van der Waals surface area contributed by atoms with Gasteiger partial charge >= 0.3 is 5.97 Å². The summed E-state index contributed by atoms with van der Waals surface area (Å²) in [7, 11) is 0. The van der Waals surface area contributed by atoms with E-state index in [0.29, 0.717) is 29.6 Å². The Kier molecular flexibility index (Phi) is 3.52. The van der Waals surface area contributed by atoms with Gasteiger partial charge in [0.25, 0.3) is 0 Å². The van der Waals surface area contributed by atoms with Crippen LogP contribution in [0, 0.1) is 6.92 Å². The monoisotopic (exact) mass is 309 g/mol. The lowest BCUT2D eigenvalue weighted by atomic mass is 10.1. The van der Waals surface area contributed by atoms with E-state index in [2.05, 4.69) is 10.3 Å². The SMILES string of the molecule is Cc1c(C(=O)O)nnn1Cc1cc(Cl)cc2c1OCOC2. The Hall–Kier alpha value is -2.12. The van der Waals surface area contributed by atoms with Crippen molar-refractivity contribution in [1.29, 1.82) is 0 Å². The van der Waals surface area contributed by atoms with Crippen LogP contribution in [0.25, 0.3) is 0 Å². The number of nitrogens with zero attached hydrogens (tertiary/aromatic N) is 3. The summed E-state index contributed by atoms with van der Waals surface area (Å²) in [5.41, 5.74) is 2.09. The van der Waals surface area contributed by atoms with Crippen LogP contribution in [0.15, 0.2) is 12.1 Å². The van der Waals surface area contributed by atoms with E-state index in [1.165, 1.54) is 4.68 Å². The van der Waals surface area contributed by atoms with Crippen LogP contribution in [-0.2, 0) is 17.9 Å². The van der Waals surface area contributed by atoms with Gasteiger partial charge in [0.05, 0.1) is 18.8 Å². The molecule has 2 heterocycles. The summed E-state index contributed by atoms with van der Waals surface area (Å²) in [5, 5.41) is 17.1. The van der Waals surface area contributed by atoms with Crippen LogP contribution in [0.4, 0.5) is 0 Å². The molecule has 3 rings (SSSR count). The van der Waals surface area contributed by atoms with Crippen LogP contribution in [0.1, 0.15) is 27.3 Å². The van der Waals surface area contributed by atoms with E-state index >= 15 is 0 Å². The van der Waals surface area contributed by atoms with Crippen LogP contribution in [0.5, 0.6) is 5.75 Å². The lowest BCUT2D eigenvalue weighted by molar-refractivity contribution is -0.0171. The molecule has 1 aliphatic rings. The molecule has 0 unspecified atom stereocenters. The van der Waals surface area contributed by atoms with Gasteiger partial charge in [0.2, 0.25) is 0 Å². The first-order valence-electron chi connectivity index (χ1n) is 6.21. The fraction of sp³-hybridized carbons (Fsp3) is 0.308. The maximum atomic E-state index is 11.0. The topological polar surface area (TPSA) is 86.5 Å². The lowest BCUT2D eigenvalue weighted by Crippen LogP contribution is -2.15. The molecule has 0 atom stereocenters. The van der Waals surface area contributed by atoms with Crippen molar-refractivity contribution in [1.82, 2.24) is 15.0 Å². The van der Waals surface area contributed by atoms with Gasteiger partial charge in [0.1, 0.15) is 5.75 Å². The first-order chi connectivity index (χ1) is 10.1. The van der Waals surface area contributed by atoms with Crippen molar-refractivity contribution in [3.05, 3.63) is 39.7 Å². The van der Waals surface area contributed by atoms with E-state index in [1.807, 2.05) is 0 Å². The number of hydrogen-bond donors (Lipinski definition) is 1. The summed E-state index contributed by atoms with van der Waals surface area (Å²) < 4.78 is 12.2. The smallest absolute Gasteiger partial charge is 0.358 e. The normalized spacial score (nSPS) is 13.6. The third kappa shape index (κ3) is 2.57. The van der Waals surface area contributed by atoms with E-state index < -0.39 is 5.97 Å². The number of carboxylic acids is 1. The molecule has 0 bridgehead atoms. The minimum Gasteiger partial charge on any atom is -0.476 e. The highest BCUT2D eigenvalue weighted by molar-refractivity contribution is 6.30. The highest BCUT2D eigenvalue weighted by Crippen LogP contribution is 2.32. The number of benzene rings is 1. The van der Waals surface area contributed by atoms with Gasteiger partial charge in [-0.25, -0.2) is 9.48 Å². The number of carbonyl (C=O) groups is 1. The molecule has 110 valence electrons. The summed E-state index contributed by atoms with van der Waals surface area (Å²) in [6, 6.07) is 3.56. The maximum Gasteiger partial charge on any atom is 0.358 e. The molecule has 1 N–H and O–H groups in total. The average Bonchev–Trinajstić information content (AvgIpc) is 2.80. The van der Waals surface area contributed by atoms with Gasteiger partial charge in [-0.15, -0.1) is 5.10 Å². The molecule has 2 aromatic rings. The van der Waals surface area contributed by atoms with Gasteiger partial charge < -0.3 is 14.6 Å². The number of ether oxygens (including phenoxy) is 2. The van der Waals surface area contributed by atoms with Gasteiger partial charge in [0, 0.05) is 16.1 Å². The van der Waals surface area contributed by atoms with E-state index in [-0.39, 0.29) is 12.5 Å². The molecule has 1 aromatic carbocycles. The van der Waals surface area contributed by atoms with Crippen molar-refractivity contribution in [3.8, 4) is 5.75 Å². The molecule has 0 aliphatic carbocycles. The Morgan fingerprint density at radius 1 is 1.52 bits per heavy atom. The highest BCUT2D eigenvalue weighted by atomic mass is 35.5. The number of aromatic carboxylic acids is 1. The van der Waals surface area contributed by atoms with Crippen LogP contribution >= 0.6 is 11.6 Å². The largest absolute Gasteiger partial charge is 0.476 e. The lowest BCUT2D eigenvalue weighted by Gasteiger charge is -2.21. The number of rotatable bonds is 3.